The number of nitrogens with zero attached hydrogens (tertiary/aromatic N) is 1. The second-order valence-corrected chi connectivity index (χ2v) is 5.87. The number of aliphatic hydroxyl groups is 1. The van der Waals surface area contributed by atoms with Crippen molar-refractivity contribution in [2.75, 3.05) is 33.3 Å². The molecular formula is C16H28N2O3. The largest absolute Gasteiger partial charge is 0.467 e. The van der Waals surface area contributed by atoms with Crippen molar-refractivity contribution in [3.8, 4) is 0 Å². The van der Waals surface area contributed by atoms with Crippen LogP contribution in [0.3, 0.4) is 0 Å². The minimum atomic E-state index is -0.475. The average Bonchev–Trinajstić information content (AvgIpc) is 3.16. The maximum absolute atomic E-state index is 9.82. The van der Waals surface area contributed by atoms with Crippen LogP contribution in [0.4, 0.5) is 0 Å². The molecule has 1 heterocycles. The minimum Gasteiger partial charge on any atom is -0.467 e. The molecule has 0 spiro atoms. The van der Waals surface area contributed by atoms with Crippen LogP contribution in [0.15, 0.2) is 22.8 Å². The number of hydrogen-bond donors (Lipinski definition) is 2. The van der Waals surface area contributed by atoms with E-state index in [9.17, 15) is 5.11 Å². The zero-order valence-electron chi connectivity index (χ0n) is 13.0. The van der Waals surface area contributed by atoms with Crippen molar-refractivity contribution in [2.24, 2.45) is 0 Å². The Morgan fingerprint density at radius 1 is 1.48 bits per heavy atom. The van der Waals surface area contributed by atoms with E-state index in [-0.39, 0.29) is 0 Å². The van der Waals surface area contributed by atoms with Crippen molar-refractivity contribution < 1.29 is 14.3 Å². The van der Waals surface area contributed by atoms with Gasteiger partial charge in [0.25, 0.3) is 0 Å². The van der Waals surface area contributed by atoms with Crippen LogP contribution in [-0.2, 0) is 11.3 Å². The van der Waals surface area contributed by atoms with E-state index in [4.69, 9.17) is 9.15 Å². The number of furan rings is 1. The van der Waals surface area contributed by atoms with Gasteiger partial charge in [-0.15, -0.1) is 0 Å². The standard InChI is InChI=1S/C16H28N2O3/c1-18(14-5-2-3-6-14)9-8-17-11-15(19)12-20-13-16-7-4-10-21-16/h4,7,10,14-15,17,19H,2-3,5-6,8-9,11-13H2,1H3. The summed E-state index contributed by atoms with van der Waals surface area (Å²) in [6.45, 7) is 3.24. The Morgan fingerprint density at radius 2 is 2.29 bits per heavy atom. The fraction of sp³-hybridized carbons (Fsp3) is 0.750. The summed E-state index contributed by atoms with van der Waals surface area (Å²) in [5.74, 6) is 0.786. The minimum absolute atomic E-state index is 0.326. The lowest BCUT2D eigenvalue weighted by Gasteiger charge is -2.24. The first-order valence-corrected chi connectivity index (χ1v) is 7.95. The predicted octanol–water partition coefficient (Wildman–Crippen LogP) is 1.62. The molecule has 1 unspecified atom stereocenters. The van der Waals surface area contributed by atoms with E-state index in [1.54, 1.807) is 6.26 Å². The molecule has 1 aliphatic carbocycles. The van der Waals surface area contributed by atoms with E-state index >= 15 is 0 Å². The molecule has 0 aliphatic heterocycles. The second-order valence-electron chi connectivity index (χ2n) is 5.87. The van der Waals surface area contributed by atoms with Gasteiger partial charge in [0.15, 0.2) is 0 Å². The Hall–Kier alpha value is -0.880. The molecule has 1 aromatic heterocycles. The highest BCUT2D eigenvalue weighted by molar-refractivity contribution is 4.96. The fourth-order valence-corrected chi connectivity index (χ4v) is 2.80. The molecule has 0 bridgehead atoms. The quantitative estimate of drug-likeness (QED) is 0.643. The summed E-state index contributed by atoms with van der Waals surface area (Å²) < 4.78 is 10.6. The Labute approximate surface area is 127 Å². The third-order valence-electron chi connectivity index (χ3n) is 4.10. The Bertz CT molecular complexity index is 364. The molecule has 5 nitrogen and oxygen atoms in total. The van der Waals surface area contributed by atoms with Crippen LogP contribution in [0.1, 0.15) is 31.4 Å². The molecule has 120 valence electrons. The summed E-state index contributed by atoms with van der Waals surface area (Å²) in [6.07, 6.45) is 6.55. The summed E-state index contributed by atoms with van der Waals surface area (Å²) in [6, 6.07) is 4.45. The topological polar surface area (TPSA) is 57.9 Å². The normalized spacial score (nSPS) is 17.7. The van der Waals surface area contributed by atoms with Gasteiger partial charge in [0, 0.05) is 25.7 Å². The lowest BCUT2D eigenvalue weighted by molar-refractivity contribution is 0.0225. The molecule has 1 atom stereocenters. The maximum Gasteiger partial charge on any atom is 0.129 e. The van der Waals surface area contributed by atoms with E-state index in [1.807, 2.05) is 12.1 Å². The van der Waals surface area contributed by atoms with Gasteiger partial charge in [0.05, 0.1) is 19.0 Å². The summed E-state index contributed by atoms with van der Waals surface area (Å²) in [5.41, 5.74) is 0. The Balaban J connectivity index is 1.46. The summed E-state index contributed by atoms with van der Waals surface area (Å²) in [7, 11) is 2.20. The molecule has 1 fully saturated rings. The third-order valence-corrected chi connectivity index (χ3v) is 4.10. The van der Waals surface area contributed by atoms with E-state index < -0.39 is 6.10 Å². The first-order valence-electron chi connectivity index (χ1n) is 7.95. The molecule has 1 aromatic rings. The van der Waals surface area contributed by atoms with Crippen molar-refractivity contribution in [3.05, 3.63) is 24.2 Å². The third kappa shape index (κ3) is 6.18. The number of nitrogens with one attached hydrogen (secondary N) is 1. The Morgan fingerprint density at radius 3 is 3.00 bits per heavy atom. The van der Waals surface area contributed by atoms with Gasteiger partial charge in [0.2, 0.25) is 0 Å². The average molecular weight is 296 g/mol. The molecule has 2 N–H and O–H groups in total. The molecule has 5 heteroatoms. The smallest absolute Gasteiger partial charge is 0.129 e. The monoisotopic (exact) mass is 296 g/mol. The number of ether oxygens (including phenoxy) is 1. The van der Waals surface area contributed by atoms with Crippen LogP contribution in [0.25, 0.3) is 0 Å². The van der Waals surface area contributed by atoms with E-state index in [0.29, 0.717) is 19.8 Å². The first-order chi connectivity index (χ1) is 10.3. The zero-order chi connectivity index (χ0) is 14.9. The molecule has 1 aliphatic rings. The van der Waals surface area contributed by atoms with Gasteiger partial charge in [-0.2, -0.15) is 0 Å². The number of hydrogen-bond acceptors (Lipinski definition) is 5. The van der Waals surface area contributed by atoms with Gasteiger partial charge < -0.3 is 24.5 Å². The second kappa shape index (κ2) is 9.20. The van der Waals surface area contributed by atoms with Crippen LogP contribution in [0.2, 0.25) is 0 Å². The van der Waals surface area contributed by atoms with Gasteiger partial charge in [-0.3, -0.25) is 0 Å². The first kappa shape index (κ1) is 16.5. The van der Waals surface area contributed by atoms with Crippen LogP contribution in [-0.4, -0.2) is 55.4 Å². The van der Waals surface area contributed by atoms with Crippen LogP contribution in [0.5, 0.6) is 0 Å². The van der Waals surface area contributed by atoms with Gasteiger partial charge in [-0.1, -0.05) is 12.8 Å². The Kier molecular flexibility index (Phi) is 7.23. The lowest BCUT2D eigenvalue weighted by atomic mass is 10.2. The highest BCUT2D eigenvalue weighted by Crippen LogP contribution is 2.21. The highest BCUT2D eigenvalue weighted by atomic mass is 16.5. The molecule has 21 heavy (non-hydrogen) atoms. The van der Waals surface area contributed by atoms with E-state index in [0.717, 1.165) is 24.9 Å². The molecule has 0 aromatic carbocycles. The summed E-state index contributed by atoms with van der Waals surface area (Å²) in [5, 5.41) is 13.1. The molecule has 0 saturated heterocycles. The van der Waals surface area contributed by atoms with Crippen LogP contribution >= 0.6 is 0 Å². The molecule has 2 rings (SSSR count). The van der Waals surface area contributed by atoms with Crippen LogP contribution < -0.4 is 5.32 Å². The van der Waals surface area contributed by atoms with Crippen molar-refractivity contribution >= 4 is 0 Å². The van der Waals surface area contributed by atoms with E-state index in [2.05, 4.69) is 17.3 Å². The van der Waals surface area contributed by atoms with Crippen LogP contribution in [0, 0.1) is 0 Å². The van der Waals surface area contributed by atoms with Crippen molar-refractivity contribution in [3.63, 3.8) is 0 Å². The number of aliphatic hydroxyl groups excluding tert-OH is 1. The molecular weight excluding hydrogens is 268 g/mol. The number of likely N-dealkylation sites (N-methyl/N-ethyl adjacent to an activating group) is 1. The SMILES string of the molecule is CN(CCNCC(O)COCc1ccco1)C1CCCC1. The van der Waals surface area contributed by atoms with Gasteiger partial charge >= 0.3 is 0 Å². The van der Waals surface area contributed by atoms with E-state index in [1.165, 1.54) is 25.7 Å². The maximum atomic E-state index is 9.82. The molecule has 0 amide bonds. The van der Waals surface area contributed by atoms with Gasteiger partial charge in [-0.05, 0) is 32.0 Å². The number of rotatable bonds is 10. The van der Waals surface area contributed by atoms with Crippen molar-refractivity contribution in [1.29, 1.82) is 0 Å². The molecule has 1 saturated carbocycles. The van der Waals surface area contributed by atoms with Crippen molar-refractivity contribution in [2.45, 2.75) is 44.4 Å². The van der Waals surface area contributed by atoms with Crippen molar-refractivity contribution in [1.82, 2.24) is 10.2 Å². The summed E-state index contributed by atoms with van der Waals surface area (Å²) >= 11 is 0. The molecule has 0 radical (unpaired) electrons. The fourth-order valence-electron chi connectivity index (χ4n) is 2.80. The summed E-state index contributed by atoms with van der Waals surface area (Å²) in [4.78, 5) is 2.43. The lowest BCUT2D eigenvalue weighted by Crippen LogP contribution is -2.38. The zero-order valence-corrected chi connectivity index (χ0v) is 13.0. The highest BCUT2D eigenvalue weighted by Gasteiger charge is 2.18. The van der Waals surface area contributed by atoms with Gasteiger partial charge in [-0.25, -0.2) is 0 Å². The predicted molar refractivity (Wildman–Crippen MR) is 82.1 cm³/mol. The van der Waals surface area contributed by atoms with Gasteiger partial charge in [0.1, 0.15) is 12.4 Å².